The predicted octanol–water partition coefficient (Wildman–Crippen LogP) is 5.23. The number of carbonyl (C=O) groups is 3. The van der Waals surface area contributed by atoms with Gasteiger partial charge in [0, 0.05) is 28.9 Å². The number of nitrogens with one attached hydrogen (secondary N) is 1. The molecule has 0 fully saturated rings. The second kappa shape index (κ2) is 13.3. The van der Waals surface area contributed by atoms with E-state index in [9.17, 15) is 27.6 Å². The summed E-state index contributed by atoms with van der Waals surface area (Å²) < 4.78 is 61.8. The van der Waals surface area contributed by atoms with Crippen molar-refractivity contribution in [2.45, 2.75) is 32.0 Å². The molecule has 0 aliphatic carbocycles. The smallest absolute Gasteiger partial charge is 0.416 e. The molecule has 0 spiro atoms. The molecule has 41 heavy (non-hydrogen) atoms. The first kappa shape index (κ1) is 31.8. The highest BCUT2D eigenvalue weighted by Gasteiger charge is 2.48. The topological polar surface area (TPSA) is 115 Å². The molecule has 1 N–H and O–H groups in total. The second-order valence-corrected chi connectivity index (χ2v) is 9.92. The zero-order valence-electron chi connectivity index (χ0n) is 22.6. The van der Waals surface area contributed by atoms with Crippen LogP contribution in [0, 0.1) is 11.3 Å². The molecule has 2 unspecified atom stereocenters. The maximum absolute atomic E-state index is 13.7. The molecule has 0 saturated heterocycles. The first-order chi connectivity index (χ1) is 19.3. The minimum atomic E-state index is -4.69. The molecule has 0 bridgehead atoms. The highest BCUT2D eigenvalue weighted by atomic mass is 79.9. The van der Waals surface area contributed by atoms with Gasteiger partial charge in [0.2, 0.25) is 0 Å². The Morgan fingerprint density at radius 2 is 1.73 bits per heavy atom. The number of ether oxygens (including phenoxy) is 4. The molecule has 0 radical (unpaired) electrons. The van der Waals surface area contributed by atoms with E-state index in [0.29, 0.717) is 10.0 Å². The van der Waals surface area contributed by atoms with Gasteiger partial charge in [-0.1, -0.05) is 34.1 Å². The van der Waals surface area contributed by atoms with Gasteiger partial charge in [0.15, 0.2) is 6.10 Å². The van der Waals surface area contributed by atoms with E-state index in [4.69, 9.17) is 19.6 Å². The van der Waals surface area contributed by atoms with Crippen molar-refractivity contribution in [1.29, 1.82) is 5.41 Å². The van der Waals surface area contributed by atoms with Crippen molar-refractivity contribution in [2.24, 2.45) is 5.92 Å². The quantitative estimate of drug-likeness (QED) is 0.225. The van der Waals surface area contributed by atoms with Crippen LogP contribution in [0.15, 0.2) is 64.3 Å². The standard InChI is InChI=1S/C28H28BrF3N2O7/c1-15-21(27(37)41-16(2)25(35)39-4)22(17-8-10-19(29)11-9-17)23(26(36)40-13-12-38-3)24(33)34(15)20-7-5-6-18(14-20)28(30,31)32/h5-11,14,16,22-23,33H,12-13H2,1-4H3/t16-,22?,23?/m0/s1. The molecular weight excluding hydrogens is 613 g/mol. The minimum Gasteiger partial charge on any atom is -0.466 e. The van der Waals surface area contributed by atoms with Crippen LogP contribution in [0.3, 0.4) is 0 Å². The Bertz CT molecular complexity index is 1340. The summed E-state index contributed by atoms with van der Waals surface area (Å²) in [6.45, 7) is 2.59. The Kier molecular flexibility index (Phi) is 10.3. The first-order valence-corrected chi connectivity index (χ1v) is 13.1. The van der Waals surface area contributed by atoms with E-state index in [1.807, 2.05) is 0 Å². The van der Waals surface area contributed by atoms with Gasteiger partial charge in [0.1, 0.15) is 18.4 Å². The molecule has 13 heteroatoms. The first-order valence-electron chi connectivity index (χ1n) is 12.3. The fraction of sp³-hybridized carbons (Fsp3) is 0.357. The number of alkyl halides is 3. The zero-order valence-corrected chi connectivity index (χ0v) is 24.2. The maximum Gasteiger partial charge on any atom is 0.416 e. The normalized spacial score (nSPS) is 18.1. The number of amidine groups is 1. The van der Waals surface area contributed by atoms with Gasteiger partial charge < -0.3 is 23.8 Å². The number of esters is 3. The second-order valence-electron chi connectivity index (χ2n) is 9.01. The van der Waals surface area contributed by atoms with Crippen LogP contribution in [0.1, 0.15) is 30.9 Å². The summed E-state index contributed by atoms with van der Waals surface area (Å²) >= 11 is 3.34. The Hall–Kier alpha value is -3.71. The molecule has 1 heterocycles. The lowest BCUT2D eigenvalue weighted by Crippen LogP contribution is -2.48. The molecule has 2 aromatic carbocycles. The van der Waals surface area contributed by atoms with Gasteiger partial charge >= 0.3 is 24.1 Å². The third kappa shape index (κ3) is 7.14. The Morgan fingerprint density at radius 3 is 2.32 bits per heavy atom. The highest BCUT2D eigenvalue weighted by molar-refractivity contribution is 9.10. The van der Waals surface area contributed by atoms with Crippen molar-refractivity contribution in [2.75, 3.05) is 32.3 Å². The Balaban J connectivity index is 2.28. The number of rotatable bonds is 9. The minimum absolute atomic E-state index is 0.0326. The number of hydrogen-bond donors (Lipinski definition) is 1. The van der Waals surface area contributed by atoms with Gasteiger partial charge in [-0.25, -0.2) is 9.59 Å². The van der Waals surface area contributed by atoms with Crippen LogP contribution in [0.2, 0.25) is 0 Å². The Labute approximate surface area is 242 Å². The average Bonchev–Trinajstić information content (AvgIpc) is 2.92. The number of halogens is 4. The largest absolute Gasteiger partial charge is 0.466 e. The zero-order chi connectivity index (χ0) is 30.5. The summed E-state index contributed by atoms with van der Waals surface area (Å²) in [5.74, 6) is -5.82. The lowest BCUT2D eigenvalue weighted by atomic mass is 9.75. The molecule has 220 valence electrons. The van der Waals surface area contributed by atoms with Gasteiger partial charge in [-0.3, -0.25) is 10.2 Å². The summed E-state index contributed by atoms with van der Waals surface area (Å²) in [4.78, 5) is 40.3. The van der Waals surface area contributed by atoms with Crippen molar-refractivity contribution in [3.63, 3.8) is 0 Å². The van der Waals surface area contributed by atoms with Crippen LogP contribution in [0.25, 0.3) is 0 Å². The van der Waals surface area contributed by atoms with E-state index in [1.165, 1.54) is 27.0 Å². The average molecular weight is 641 g/mol. The van der Waals surface area contributed by atoms with Gasteiger partial charge in [0.05, 0.1) is 24.9 Å². The van der Waals surface area contributed by atoms with E-state index in [1.54, 1.807) is 24.3 Å². The van der Waals surface area contributed by atoms with E-state index in [2.05, 4.69) is 20.7 Å². The highest BCUT2D eigenvalue weighted by Crippen LogP contribution is 2.44. The fourth-order valence-corrected chi connectivity index (χ4v) is 4.71. The molecule has 3 atom stereocenters. The lowest BCUT2D eigenvalue weighted by Gasteiger charge is -2.41. The molecule has 1 aliphatic heterocycles. The third-order valence-corrected chi connectivity index (χ3v) is 6.92. The van der Waals surface area contributed by atoms with Crippen LogP contribution in [-0.4, -0.2) is 57.3 Å². The summed E-state index contributed by atoms with van der Waals surface area (Å²) in [7, 11) is 2.52. The molecule has 9 nitrogen and oxygen atoms in total. The maximum atomic E-state index is 13.7. The number of benzene rings is 2. The summed E-state index contributed by atoms with van der Waals surface area (Å²) in [5.41, 5.74) is -0.798. The lowest BCUT2D eigenvalue weighted by molar-refractivity contribution is -0.162. The number of allylic oxidation sites excluding steroid dienone is 1. The van der Waals surface area contributed by atoms with Crippen molar-refractivity contribution >= 4 is 45.4 Å². The SMILES string of the molecule is COCCOC(=O)C1C(=N)N(c2cccc(C(F)(F)F)c2)C(C)=C(C(=O)O[C@@H](C)C(=O)OC)C1c1ccc(Br)cc1. The number of carbonyl (C=O) groups excluding carboxylic acids is 3. The molecule has 0 aromatic heterocycles. The van der Waals surface area contributed by atoms with E-state index in [-0.39, 0.29) is 30.2 Å². The van der Waals surface area contributed by atoms with Crippen LogP contribution in [-0.2, 0) is 39.5 Å². The van der Waals surface area contributed by atoms with Crippen molar-refractivity contribution in [3.05, 3.63) is 75.4 Å². The predicted molar refractivity (Wildman–Crippen MR) is 145 cm³/mol. The van der Waals surface area contributed by atoms with Crippen molar-refractivity contribution in [3.8, 4) is 0 Å². The van der Waals surface area contributed by atoms with Crippen LogP contribution in [0.5, 0.6) is 0 Å². The van der Waals surface area contributed by atoms with Gasteiger partial charge in [0.25, 0.3) is 0 Å². The van der Waals surface area contributed by atoms with Crippen molar-refractivity contribution in [1.82, 2.24) is 0 Å². The van der Waals surface area contributed by atoms with Crippen molar-refractivity contribution < 1.29 is 46.5 Å². The number of hydrogen-bond acceptors (Lipinski definition) is 8. The molecule has 0 amide bonds. The summed E-state index contributed by atoms with van der Waals surface area (Å²) in [5, 5.41) is 9.04. The van der Waals surface area contributed by atoms with E-state index < -0.39 is 53.4 Å². The third-order valence-electron chi connectivity index (χ3n) is 6.39. The molecule has 2 aromatic rings. The number of anilines is 1. The number of nitrogens with zero attached hydrogens (tertiary/aromatic N) is 1. The summed E-state index contributed by atoms with van der Waals surface area (Å²) in [6, 6.07) is 10.7. The van der Waals surface area contributed by atoms with Gasteiger partial charge in [-0.05, 0) is 49.7 Å². The van der Waals surface area contributed by atoms with E-state index in [0.717, 1.165) is 30.2 Å². The van der Waals surface area contributed by atoms with Gasteiger partial charge in [-0.15, -0.1) is 0 Å². The van der Waals surface area contributed by atoms with Crippen LogP contribution >= 0.6 is 15.9 Å². The summed E-state index contributed by atoms with van der Waals surface area (Å²) in [6.07, 6.45) is -6.03. The van der Waals surface area contributed by atoms with E-state index >= 15 is 0 Å². The molecular formula is C28H28BrF3N2O7. The fourth-order valence-electron chi connectivity index (χ4n) is 4.45. The molecule has 1 aliphatic rings. The molecule has 3 rings (SSSR count). The number of methoxy groups -OCH3 is 2. The Morgan fingerprint density at radius 1 is 1.07 bits per heavy atom. The monoisotopic (exact) mass is 640 g/mol. The van der Waals surface area contributed by atoms with Gasteiger partial charge in [-0.2, -0.15) is 13.2 Å². The molecule has 0 saturated carbocycles. The van der Waals surface area contributed by atoms with Crippen LogP contribution in [0.4, 0.5) is 18.9 Å². The van der Waals surface area contributed by atoms with Crippen LogP contribution < -0.4 is 4.90 Å².